The predicted octanol–water partition coefficient (Wildman–Crippen LogP) is 6.77. The Morgan fingerprint density at radius 2 is 1.92 bits per heavy atom. The van der Waals surface area contributed by atoms with Crippen molar-refractivity contribution in [2.24, 2.45) is 5.41 Å². The van der Waals surface area contributed by atoms with Crippen LogP contribution in [-0.2, 0) is 4.79 Å². The van der Waals surface area contributed by atoms with Crippen molar-refractivity contribution < 1.29 is 9.90 Å². The maximum absolute atomic E-state index is 10.6. The summed E-state index contributed by atoms with van der Waals surface area (Å²) in [6.45, 7) is 10.8. The van der Waals surface area contributed by atoms with Gasteiger partial charge in [0, 0.05) is 6.08 Å². The molecule has 1 rings (SSSR count). The number of carboxylic acids is 1. The Balaban J connectivity index is 2.91. The quantitative estimate of drug-likeness (QED) is 0.390. The number of hydrogen-bond acceptors (Lipinski definition) is 1. The lowest BCUT2D eigenvalue weighted by Crippen LogP contribution is -2.20. The largest absolute Gasteiger partial charge is 0.478 e. The van der Waals surface area contributed by atoms with Crippen LogP contribution in [0.3, 0.4) is 0 Å². The van der Waals surface area contributed by atoms with Crippen molar-refractivity contribution in [3.05, 3.63) is 58.7 Å². The van der Waals surface area contributed by atoms with Gasteiger partial charge in [0.1, 0.15) is 0 Å². The second-order valence-corrected chi connectivity index (χ2v) is 7.69. The van der Waals surface area contributed by atoms with Gasteiger partial charge in [-0.1, -0.05) is 68.7 Å². The molecule has 0 aliphatic heterocycles. The lowest BCUT2D eigenvalue weighted by Gasteiger charge is -2.34. The van der Waals surface area contributed by atoms with Gasteiger partial charge in [0.25, 0.3) is 0 Å². The van der Waals surface area contributed by atoms with Crippen LogP contribution in [0.1, 0.15) is 73.1 Å². The van der Waals surface area contributed by atoms with E-state index in [0.717, 1.165) is 5.57 Å². The third-order valence-electron chi connectivity index (χ3n) is 4.80. The maximum atomic E-state index is 10.6. The summed E-state index contributed by atoms with van der Waals surface area (Å²) in [4.78, 5) is 10.6. The number of allylic oxidation sites excluding steroid dienone is 9. The van der Waals surface area contributed by atoms with Crippen molar-refractivity contribution in [3.8, 4) is 0 Å². The third kappa shape index (κ3) is 7.72. The smallest absolute Gasteiger partial charge is 0.328 e. The van der Waals surface area contributed by atoms with Crippen molar-refractivity contribution in [3.63, 3.8) is 0 Å². The molecule has 0 fully saturated rings. The summed E-state index contributed by atoms with van der Waals surface area (Å²) in [6, 6.07) is 0. The van der Waals surface area contributed by atoms with Crippen molar-refractivity contribution in [2.45, 2.75) is 73.1 Å². The van der Waals surface area contributed by atoms with Crippen LogP contribution in [0.2, 0.25) is 0 Å². The first-order chi connectivity index (χ1) is 11.8. The number of unbranched alkanes of at least 4 members (excludes halogenated alkanes) is 1. The highest BCUT2D eigenvalue weighted by atomic mass is 16.4. The van der Waals surface area contributed by atoms with E-state index in [-0.39, 0.29) is 5.41 Å². The fraction of sp³-hybridized carbons (Fsp3) is 0.522. The molecule has 0 saturated heterocycles. The summed E-state index contributed by atoms with van der Waals surface area (Å²) < 4.78 is 0. The van der Waals surface area contributed by atoms with Gasteiger partial charge in [-0.2, -0.15) is 0 Å². The molecule has 1 N–H and O–H groups in total. The summed E-state index contributed by atoms with van der Waals surface area (Å²) >= 11 is 0. The van der Waals surface area contributed by atoms with Crippen LogP contribution in [-0.4, -0.2) is 11.1 Å². The second kappa shape index (κ2) is 10.2. The van der Waals surface area contributed by atoms with Crippen LogP contribution in [0.25, 0.3) is 0 Å². The average molecular weight is 343 g/mol. The Kier molecular flexibility index (Phi) is 8.68. The minimum absolute atomic E-state index is 0.259. The highest BCUT2D eigenvalue weighted by Crippen LogP contribution is 2.42. The molecular formula is C23H34O2. The van der Waals surface area contributed by atoms with E-state index in [4.69, 9.17) is 5.11 Å². The molecule has 0 unspecified atom stereocenters. The zero-order chi connectivity index (χ0) is 18.9. The third-order valence-corrected chi connectivity index (χ3v) is 4.80. The predicted molar refractivity (Wildman–Crippen MR) is 108 cm³/mol. The van der Waals surface area contributed by atoms with Crippen LogP contribution in [0.15, 0.2) is 58.7 Å². The number of rotatable bonds is 8. The molecule has 0 atom stereocenters. The van der Waals surface area contributed by atoms with Crippen molar-refractivity contribution in [2.75, 3.05) is 0 Å². The van der Waals surface area contributed by atoms with Gasteiger partial charge in [-0.05, 0) is 62.5 Å². The fourth-order valence-electron chi connectivity index (χ4n) is 3.35. The standard InChI is InChI=1S/C23H34O2/c1-6-7-12-20-13-9-16-23(4,5)21(20)15-14-18(2)10-8-11-19(3)17-22(24)25/h8,10-11,14-15,17H,6-7,9,12-13,16H2,1-5H3,(H,24,25)/b11-8+,15-14+,18-10-,19-17+. The highest BCUT2D eigenvalue weighted by Gasteiger charge is 2.27. The fourth-order valence-corrected chi connectivity index (χ4v) is 3.35. The minimum atomic E-state index is -0.908. The van der Waals surface area contributed by atoms with Crippen LogP contribution >= 0.6 is 0 Å². The highest BCUT2D eigenvalue weighted by molar-refractivity contribution is 5.81. The van der Waals surface area contributed by atoms with Gasteiger partial charge >= 0.3 is 5.97 Å². The molecule has 0 heterocycles. The van der Waals surface area contributed by atoms with E-state index < -0.39 is 5.97 Å². The zero-order valence-corrected chi connectivity index (χ0v) is 16.6. The van der Waals surface area contributed by atoms with Gasteiger partial charge in [0.2, 0.25) is 0 Å². The Bertz CT molecular complexity index is 610. The molecular weight excluding hydrogens is 308 g/mol. The molecule has 138 valence electrons. The van der Waals surface area contributed by atoms with Gasteiger partial charge in [-0.3, -0.25) is 0 Å². The molecule has 2 heteroatoms. The topological polar surface area (TPSA) is 37.3 Å². The van der Waals surface area contributed by atoms with Crippen LogP contribution in [0, 0.1) is 5.41 Å². The molecule has 0 aromatic rings. The van der Waals surface area contributed by atoms with Gasteiger partial charge in [-0.25, -0.2) is 4.79 Å². The number of carboxylic acid groups (broad SMARTS) is 1. The first-order valence-electron chi connectivity index (χ1n) is 9.43. The lowest BCUT2D eigenvalue weighted by atomic mass is 9.71. The zero-order valence-electron chi connectivity index (χ0n) is 16.6. The second-order valence-electron chi connectivity index (χ2n) is 7.69. The molecule has 1 aliphatic carbocycles. The number of hydrogen-bond donors (Lipinski definition) is 1. The Hall–Kier alpha value is -1.83. The van der Waals surface area contributed by atoms with Crippen LogP contribution < -0.4 is 0 Å². The normalized spacial score (nSPS) is 19.2. The van der Waals surface area contributed by atoms with E-state index in [1.54, 1.807) is 12.5 Å². The monoisotopic (exact) mass is 342 g/mol. The Labute approximate surface area is 153 Å². The van der Waals surface area contributed by atoms with Crippen LogP contribution in [0.4, 0.5) is 0 Å². The van der Waals surface area contributed by atoms with Crippen molar-refractivity contribution in [1.29, 1.82) is 0 Å². The van der Waals surface area contributed by atoms with E-state index >= 15 is 0 Å². The molecule has 0 aromatic heterocycles. The molecule has 0 bridgehead atoms. The molecule has 25 heavy (non-hydrogen) atoms. The molecule has 1 aliphatic rings. The molecule has 0 spiro atoms. The van der Waals surface area contributed by atoms with Crippen molar-refractivity contribution in [1.82, 2.24) is 0 Å². The van der Waals surface area contributed by atoms with E-state index in [0.29, 0.717) is 0 Å². The van der Waals surface area contributed by atoms with E-state index in [1.165, 1.54) is 55.7 Å². The molecule has 0 saturated carbocycles. The first kappa shape index (κ1) is 21.2. The molecule has 0 aromatic carbocycles. The first-order valence-corrected chi connectivity index (χ1v) is 9.43. The molecule has 2 nitrogen and oxygen atoms in total. The SMILES string of the molecule is CCCCC1=C(/C=C/C(C)=C\C=C\C(C)=C\C(=O)O)C(C)(C)CCC1. The number of aliphatic carboxylic acids is 1. The van der Waals surface area contributed by atoms with Gasteiger partial charge in [-0.15, -0.1) is 0 Å². The van der Waals surface area contributed by atoms with Crippen molar-refractivity contribution >= 4 is 5.97 Å². The molecule has 0 amide bonds. The van der Waals surface area contributed by atoms with E-state index in [9.17, 15) is 4.79 Å². The lowest BCUT2D eigenvalue weighted by molar-refractivity contribution is -0.131. The van der Waals surface area contributed by atoms with Gasteiger partial charge in [0.15, 0.2) is 0 Å². The summed E-state index contributed by atoms with van der Waals surface area (Å²) in [5.41, 5.74) is 5.32. The average Bonchev–Trinajstić information content (AvgIpc) is 2.50. The number of carbonyl (C=O) groups is 1. The summed E-state index contributed by atoms with van der Waals surface area (Å²) in [7, 11) is 0. The molecule has 0 radical (unpaired) electrons. The Morgan fingerprint density at radius 3 is 2.56 bits per heavy atom. The van der Waals surface area contributed by atoms with E-state index in [2.05, 4.69) is 39.8 Å². The summed E-state index contributed by atoms with van der Waals surface area (Å²) in [5, 5.41) is 8.71. The van der Waals surface area contributed by atoms with Gasteiger partial charge in [0.05, 0.1) is 0 Å². The summed E-state index contributed by atoms with van der Waals surface area (Å²) in [6.07, 6.45) is 19.0. The van der Waals surface area contributed by atoms with E-state index in [1.807, 2.05) is 18.2 Å². The minimum Gasteiger partial charge on any atom is -0.478 e. The maximum Gasteiger partial charge on any atom is 0.328 e. The van der Waals surface area contributed by atoms with Gasteiger partial charge < -0.3 is 5.11 Å². The summed E-state index contributed by atoms with van der Waals surface area (Å²) in [5.74, 6) is -0.908. The van der Waals surface area contributed by atoms with Crippen LogP contribution in [0.5, 0.6) is 0 Å². The Morgan fingerprint density at radius 1 is 1.20 bits per heavy atom.